The average molecular weight is 415 g/mol. The Kier molecular flexibility index (Phi) is 5.36. The number of ether oxygens (including phenoxy) is 1. The van der Waals surface area contributed by atoms with Crippen molar-refractivity contribution >= 4 is 21.6 Å². The number of carbonyl (C=O) groups excluding carboxylic acids is 1. The molecule has 0 aromatic heterocycles. The minimum atomic E-state index is -3.58. The van der Waals surface area contributed by atoms with Gasteiger partial charge in [-0.3, -0.25) is 4.79 Å². The predicted octanol–water partition coefficient (Wildman–Crippen LogP) is 3.90. The predicted molar refractivity (Wildman–Crippen MR) is 112 cm³/mol. The number of piperidine rings is 1. The van der Waals surface area contributed by atoms with E-state index in [1.165, 1.54) is 6.07 Å². The molecule has 6 nitrogen and oxygen atoms in total. The lowest BCUT2D eigenvalue weighted by molar-refractivity contribution is 0.102. The Morgan fingerprint density at radius 1 is 1.14 bits per heavy atom. The van der Waals surface area contributed by atoms with Crippen molar-refractivity contribution in [2.24, 2.45) is 5.92 Å². The van der Waals surface area contributed by atoms with Gasteiger partial charge in [0.25, 0.3) is 5.91 Å². The summed E-state index contributed by atoms with van der Waals surface area (Å²) in [6, 6.07) is 13.5. The summed E-state index contributed by atoms with van der Waals surface area (Å²) >= 11 is 0. The smallest absolute Gasteiger partial charge is 0.255 e. The van der Waals surface area contributed by atoms with Crippen LogP contribution >= 0.6 is 0 Å². The molecule has 154 valence electrons. The molecule has 2 aliphatic rings. The van der Waals surface area contributed by atoms with Gasteiger partial charge in [0.2, 0.25) is 10.0 Å². The Morgan fingerprint density at radius 2 is 1.90 bits per heavy atom. The number of fused-ring (bicyclic) bond motifs is 2. The second-order valence-electron chi connectivity index (χ2n) is 8.08. The molecule has 1 N–H and O–H groups in total. The van der Waals surface area contributed by atoms with E-state index in [-0.39, 0.29) is 22.9 Å². The van der Waals surface area contributed by atoms with Crippen molar-refractivity contribution < 1.29 is 17.9 Å². The second-order valence-corrected chi connectivity index (χ2v) is 9.97. The zero-order chi connectivity index (χ0) is 20.6. The Labute approximate surface area is 171 Å². The van der Waals surface area contributed by atoms with E-state index in [1.807, 2.05) is 13.8 Å². The fourth-order valence-corrected chi connectivity index (χ4v) is 5.99. The Balaban J connectivity index is 1.49. The van der Waals surface area contributed by atoms with Gasteiger partial charge < -0.3 is 10.1 Å². The van der Waals surface area contributed by atoms with Gasteiger partial charge in [-0.25, -0.2) is 8.42 Å². The van der Waals surface area contributed by atoms with Gasteiger partial charge in [-0.1, -0.05) is 6.07 Å². The van der Waals surface area contributed by atoms with E-state index in [9.17, 15) is 13.2 Å². The molecule has 4 rings (SSSR count). The largest absolute Gasteiger partial charge is 0.491 e. The maximum Gasteiger partial charge on any atom is 0.255 e. The van der Waals surface area contributed by atoms with Gasteiger partial charge in [-0.05, 0) is 81.5 Å². The molecule has 2 aromatic rings. The number of rotatable bonds is 6. The highest BCUT2D eigenvalue weighted by atomic mass is 32.2. The van der Waals surface area contributed by atoms with Crippen LogP contribution in [0.3, 0.4) is 0 Å². The van der Waals surface area contributed by atoms with Crippen molar-refractivity contribution in [3.8, 4) is 5.75 Å². The molecule has 1 aliphatic carbocycles. The standard InChI is InChI=1S/C22H26N2O4S/c1-15(2)28-20-10-7-18(8-11-20)23-22(25)17-4-3-5-21(13-17)29(26,27)24-14-16-6-9-19(24)12-16/h3-5,7-8,10-11,13,15-16,19H,6,9,12,14H2,1-2H3,(H,23,25). The summed E-state index contributed by atoms with van der Waals surface area (Å²) in [4.78, 5) is 12.8. The van der Waals surface area contributed by atoms with Crippen LogP contribution in [-0.2, 0) is 10.0 Å². The van der Waals surface area contributed by atoms with Crippen molar-refractivity contribution in [1.29, 1.82) is 0 Å². The maximum absolute atomic E-state index is 13.1. The Morgan fingerprint density at radius 3 is 2.52 bits per heavy atom. The van der Waals surface area contributed by atoms with Crippen molar-refractivity contribution in [3.05, 3.63) is 54.1 Å². The van der Waals surface area contributed by atoms with E-state index in [0.29, 0.717) is 23.7 Å². The molecule has 2 aromatic carbocycles. The molecule has 0 spiro atoms. The van der Waals surface area contributed by atoms with Crippen LogP contribution in [0, 0.1) is 5.92 Å². The van der Waals surface area contributed by atoms with Crippen molar-refractivity contribution in [2.75, 3.05) is 11.9 Å². The molecule has 2 unspecified atom stereocenters. The third-order valence-electron chi connectivity index (χ3n) is 5.55. The highest BCUT2D eigenvalue weighted by Gasteiger charge is 2.44. The topological polar surface area (TPSA) is 75.7 Å². The van der Waals surface area contributed by atoms with Gasteiger partial charge in [0.15, 0.2) is 0 Å². The van der Waals surface area contributed by atoms with E-state index in [4.69, 9.17) is 4.74 Å². The van der Waals surface area contributed by atoms with Crippen LogP contribution in [0.4, 0.5) is 5.69 Å². The molecule has 1 heterocycles. The first-order chi connectivity index (χ1) is 13.8. The molecule has 7 heteroatoms. The summed E-state index contributed by atoms with van der Waals surface area (Å²) in [5.41, 5.74) is 0.939. The normalized spacial score (nSPS) is 21.5. The fourth-order valence-electron chi connectivity index (χ4n) is 4.20. The van der Waals surface area contributed by atoms with Crippen LogP contribution < -0.4 is 10.1 Å². The molecular weight excluding hydrogens is 388 g/mol. The molecule has 0 radical (unpaired) electrons. The van der Waals surface area contributed by atoms with Gasteiger partial charge in [-0.15, -0.1) is 0 Å². The highest BCUT2D eigenvalue weighted by molar-refractivity contribution is 7.89. The summed E-state index contributed by atoms with van der Waals surface area (Å²) < 4.78 is 33.3. The van der Waals surface area contributed by atoms with Crippen LogP contribution in [0.15, 0.2) is 53.4 Å². The van der Waals surface area contributed by atoms with E-state index < -0.39 is 10.0 Å². The lowest BCUT2D eigenvalue weighted by Crippen LogP contribution is -2.37. The SMILES string of the molecule is CC(C)Oc1ccc(NC(=O)c2cccc(S(=O)(=O)N3CC4CCC3C4)c2)cc1. The number of nitrogens with one attached hydrogen (secondary N) is 1. The minimum Gasteiger partial charge on any atom is -0.491 e. The van der Waals surface area contributed by atoms with Crippen LogP contribution in [-0.4, -0.2) is 37.3 Å². The first kappa shape index (κ1) is 19.9. The molecular formula is C22H26N2O4S. The van der Waals surface area contributed by atoms with Gasteiger partial charge in [0.05, 0.1) is 11.0 Å². The quantitative estimate of drug-likeness (QED) is 0.778. The molecule has 1 amide bonds. The first-order valence-corrected chi connectivity index (χ1v) is 11.5. The molecule has 1 saturated carbocycles. The third kappa shape index (κ3) is 4.16. The van der Waals surface area contributed by atoms with Crippen molar-refractivity contribution in [2.45, 2.75) is 50.2 Å². The van der Waals surface area contributed by atoms with Crippen LogP contribution in [0.2, 0.25) is 0 Å². The monoisotopic (exact) mass is 414 g/mol. The molecule has 29 heavy (non-hydrogen) atoms. The van der Waals surface area contributed by atoms with Crippen molar-refractivity contribution in [3.63, 3.8) is 0 Å². The zero-order valence-electron chi connectivity index (χ0n) is 16.7. The third-order valence-corrected chi connectivity index (χ3v) is 7.46. The first-order valence-electron chi connectivity index (χ1n) is 10.0. The van der Waals surface area contributed by atoms with E-state index in [0.717, 1.165) is 25.0 Å². The van der Waals surface area contributed by atoms with Gasteiger partial charge in [-0.2, -0.15) is 4.31 Å². The summed E-state index contributed by atoms with van der Waals surface area (Å²) in [5.74, 6) is 0.859. The Hall–Kier alpha value is -2.38. The van der Waals surface area contributed by atoms with Crippen LogP contribution in [0.1, 0.15) is 43.5 Å². The zero-order valence-corrected chi connectivity index (χ0v) is 17.5. The van der Waals surface area contributed by atoms with Crippen LogP contribution in [0.5, 0.6) is 5.75 Å². The van der Waals surface area contributed by atoms with Gasteiger partial charge >= 0.3 is 0 Å². The minimum absolute atomic E-state index is 0.0750. The van der Waals surface area contributed by atoms with Gasteiger partial charge in [0.1, 0.15) is 5.75 Å². The fraction of sp³-hybridized carbons (Fsp3) is 0.409. The molecule has 2 atom stereocenters. The number of sulfonamides is 1. The average Bonchev–Trinajstić information content (AvgIpc) is 3.33. The lowest BCUT2D eigenvalue weighted by Gasteiger charge is -2.26. The number of hydrogen-bond donors (Lipinski definition) is 1. The molecule has 2 fully saturated rings. The highest BCUT2D eigenvalue weighted by Crippen LogP contribution is 2.40. The second kappa shape index (κ2) is 7.80. The molecule has 1 saturated heterocycles. The summed E-state index contributed by atoms with van der Waals surface area (Å²) in [5, 5.41) is 2.81. The van der Waals surface area contributed by atoms with E-state index in [2.05, 4.69) is 5.32 Å². The van der Waals surface area contributed by atoms with Gasteiger partial charge in [0, 0.05) is 23.8 Å². The van der Waals surface area contributed by atoms with E-state index in [1.54, 1.807) is 46.8 Å². The van der Waals surface area contributed by atoms with Crippen LogP contribution in [0.25, 0.3) is 0 Å². The Bertz CT molecular complexity index is 1000. The number of benzene rings is 2. The number of anilines is 1. The maximum atomic E-state index is 13.1. The number of nitrogens with zero attached hydrogens (tertiary/aromatic N) is 1. The number of hydrogen-bond acceptors (Lipinski definition) is 4. The van der Waals surface area contributed by atoms with E-state index >= 15 is 0 Å². The summed E-state index contributed by atoms with van der Waals surface area (Å²) in [7, 11) is -3.58. The summed E-state index contributed by atoms with van der Waals surface area (Å²) in [6.07, 6.45) is 3.07. The lowest BCUT2D eigenvalue weighted by atomic mass is 10.1. The molecule has 2 bridgehead atoms. The van der Waals surface area contributed by atoms with Crippen molar-refractivity contribution in [1.82, 2.24) is 4.31 Å². The number of amides is 1. The number of carbonyl (C=O) groups is 1. The summed E-state index contributed by atoms with van der Waals surface area (Å²) in [6.45, 7) is 4.49. The molecule has 1 aliphatic heterocycles.